The Kier molecular flexibility index (Phi) is 10.2. The first kappa shape index (κ1) is 25.1. The zero-order chi connectivity index (χ0) is 21.3. The lowest BCUT2D eigenvalue weighted by molar-refractivity contribution is 0.0983. The van der Waals surface area contributed by atoms with Gasteiger partial charge in [-0.25, -0.2) is 4.98 Å². The Bertz CT molecular complexity index is 908. The summed E-state index contributed by atoms with van der Waals surface area (Å²) in [6, 6.07) is 15.5. The lowest BCUT2D eigenvalue weighted by Gasteiger charge is -2.24. The van der Waals surface area contributed by atoms with Crippen LogP contribution in [0, 0.1) is 0 Å². The number of halogens is 1. The second-order valence-corrected chi connectivity index (χ2v) is 8.18. The van der Waals surface area contributed by atoms with Gasteiger partial charge in [-0.15, -0.1) is 12.4 Å². The Labute approximate surface area is 195 Å². The van der Waals surface area contributed by atoms with Crippen molar-refractivity contribution in [3.05, 3.63) is 54.1 Å². The molecule has 0 aliphatic rings. The Balaban J connectivity index is 0.00000341. The molecular formula is C24H32ClN3O2S. The topological polar surface area (TPSA) is 45.7 Å². The molecule has 168 valence electrons. The second-order valence-electron chi connectivity index (χ2n) is 7.17. The summed E-state index contributed by atoms with van der Waals surface area (Å²) in [7, 11) is 0. The molecule has 0 unspecified atom stereocenters. The van der Waals surface area contributed by atoms with Crippen LogP contribution in [0.1, 0.15) is 44.0 Å². The maximum absolute atomic E-state index is 13.4. The number of para-hydroxylation sites is 1. The van der Waals surface area contributed by atoms with E-state index in [-0.39, 0.29) is 18.3 Å². The third-order valence-electron chi connectivity index (χ3n) is 5.16. The molecule has 1 amide bonds. The molecular weight excluding hydrogens is 430 g/mol. The molecule has 0 aliphatic heterocycles. The van der Waals surface area contributed by atoms with Gasteiger partial charge in [0.15, 0.2) is 5.13 Å². The molecule has 1 heterocycles. The van der Waals surface area contributed by atoms with Gasteiger partial charge in [0.1, 0.15) is 5.75 Å². The maximum atomic E-state index is 13.4. The summed E-state index contributed by atoms with van der Waals surface area (Å²) in [6.07, 6.45) is 2.12. The first-order valence-corrected chi connectivity index (χ1v) is 11.6. The Hall–Kier alpha value is -2.15. The molecule has 0 spiro atoms. The van der Waals surface area contributed by atoms with Crippen molar-refractivity contribution in [2.45, 2.75) is 33.6 Å². The number of amides is 1. The molecule has 2 aromatic carbocycles. The fraction of sp³-hybridized carbons (Fsp3) is 0.417. The van der Waals surface area contributed by atoms with Crippen LogP contribution < -0.4 is 9.64 Å². The number of anilines is 1. The van der Waals surface area contributed by atoms with E-state index >= 15 is 0 Å². The molecule has 0 N–H and O–H groups in total. The lowest BCUT2D eigenvalue weighted by Crippen LogP contribution is -2.38. The number of thiazole rings is 1. The summed E-state index contributed by atoms with van der Waals surface area (Å²) in [5.74, 6) is 0.774. The van der Waals surface area contributed by atoms with E-state index in [0.29, 0.717) is 18.7 Å². The Morgan fingerprint density at radius 2 is 1.71 bits per heavy atom. The van der Waals surface area contributed by atoms with Crippen LogP contribution >= 0.6 is 23.7 Å². The number of unbranched alkanes of at least 4 members (excludes halogenated alkanes) is 1. The van der Waals surface area contributed by atoms with Crippen molar-refractivity contribution in [1.29, 1.82) is 0 Å². The minimum Gasteiger partial charge on any atom is -0.494 e. The van der Waals surface area contributed by atoms with Crippen LogP contribution in [0.4, 0.5) is 5.13 Å². The first-order valence-electron chi connectivity index (χ1n) is 10.8. The van der Waals surface area contributed by atoms with Gasteiger partial charge in [-0.3, -0.25) is 9.69 Å². The van der Waals surface area contributed by atoms with E-state index in [9.17, 15) is 4.79 Å². The van der Waals surface area contributed by atoms with Crippen LogP contribution in [0.2, 0.25) is 0 Å². The van der Waals surface area contributed by atoms with Gasteiger partial charge in [0, 0.05) is 18.7 Å². The fourth-order valence-electron chi connectivity index (χ4n) is 3.22. The van der Waals surface area contributed by atoms with Gasteiger partial charge in [-0.1, -0.05) is 50.7 Å². The van der Waals surface area contributed by atoms with Crippen molar-refractivity contribution >= 4 is 45.0 Å². The molecule has 0 aliphatic carbocycles. The van der Waals surface area contributed by atoms with Crippen molar-refractivity contribution in [1.82, 2.24) is 9.88 Å². The quantitative estimate of drug-likeness (QED) is 0.334. The number of hydrogen-bond donors (Lipinski definition) is 0. The highest BCUT2D eigenvalue weighted by molar-refractivity contribution is 7.22. The van der Waals surface area contributed by atoms with Gasteiger partial charge in [0.05, 0.1) is 16.8 Å². The van der Waals surface area contributed by atoms with E-state index in [2.05, 4.69) is 25.7 Å². The smallest absolute Gasteiger partial charge is 0.260 e. The summed E-state index contributed by atoms with van der Waals surface area (Å²) in [5, 5.41) is 0.747. The van der Waals surface area contributed by atoms with Crippen molar-refractivity contribution in [3.63, 3.8) is 0 Å². The third-order valence-corrected chi connectivity index (χ3v) is 6.22. The average Bonchev–Trinajstić information content (AvgIpc) is 3.21. The number of carbonyl (C=O) groups is 1. The summed E-state index contributed by atoms with van der Waals surface area (Å²) in [5.41, 5.74) is 1.58. The number of likely N-dealkylation sites (N-methyl/N-ethyl adjacent to an activating group) is 1. The van der Waals surface area contributed by atoms with Crippen LogP contribution in [-0.4, -0.2) is 48.6 Å². The molecule has 3 rings (SSSR count). The molecule has 0 atom stereocenters. The number of hydrogen-bond acceptors (Lipinski definition) is 5. The number of benzene rings is 2. The molecule has 7 heteroatoms. The molecule has 0 saturated heterocycles. The van der Waals surface area contributed by atoms with Crippen molar-refractivity contribution in [2.75, 3.05) is 37.7 Å². The number of fused-ring (bicyclic) bond motifs is 1. The van der Waals surface area contributed by atoms with Crippen molar-refractivity contribution in [2.24, 2.45) is 0 Å². The second kappa shape index (κ2) is 12.6. The largest absolute Gasteiger partial charge is 0.494 e. The number of carbonyl (C=O) groups excluding carboxylic acids is 1. The monoisotopic (exact) mass is 461 g/mol. The van der Waals surface area contributed by atoms with E-state index in [1.165, 1.54) is 0 Å². The van der Waals surface area contributed by atoms with E-state index in [4.69, 9.17) is 9.72 Å². The minimum absolute atomic E-state index is 0. The highest BCUT2D eigenvalue weighted by Gasteiger charge is 2.22. The molecule has 1 aromatic heterocycles. The molecule has 0 saturated carbocycles. The highest BCUT2D eigenvalue weighted by Crippen LogP contribution is 2.29. The third kappa shape index (κ3) is 6.66. The number of aromatic nitrogens is 1. The fourth-order valence-corrected chi connectivity index (χ4v) is 4.21. The van der Waals surface area contributed by atoms with Crippen molar-refractivity contribution < 1.29 is 9.53 Å². The van der Waals surface area contributed by atoms with Gasteiger partial charge in [0.2, 0.25) is 0 Å². The van der Waals surface area contributed by atoms with Gasteiger partial charge in [-0.2, -0.15) is 0 Å². The Morgan fingerprint density at radius 1 is 1.00 bits per heavy atom. The minimum atomic E-state index is -0.0266. The molecule has 0 bridgehead atoms. The number of nitrogens with zero attached hydrogens (tertiary/aromatic N) is 3. The summed E-state index contributed by atoms with van der Waals surface area (Å²) in [4.78, 5) is 22.3. The van der Waals surface area contributed by atoms with E-state index in [0.717, 1.165) is 53.6 Å². The normalized spacial score (nSPS) is 10.8. The van der Waals surface area contributed by atoms with Crippen LogP contribution in [0.3, 0.4) is 0 Å². The molecule has 3 aromatic rings. The number of ether oxygens (including phenoxy) is 1. The molecule has 31 heavy (non-hydrogen) atoms. The van der Waals surface area contributed by atoms with Gasteiger partial charge in [0.25, 0.3) is 5.91 Å². The van der Waals surface area contributed by atoms with Gasteiger partial charge in [-0.05, 0) is 55.9 Å². The standard InChI is InChI=1S/C24H31N3O2S.ClH/c1-4-7-18-29-20-14-12-19(13-15-20)23(28)27(17-16-26(5-2)6-3)24-25-21-10-8-9-11-22(21)30-24;/h8-15H,4-7,16-18H2,1-3H3;1H. The zero-order valence-electron chi connectivity index (χ0n) is 18.5. The molecule has 0 fully saturated rings. The average molecular weight is 462 g/mol. The van der Waals surface area contributed by atoms with Crippen LogP contribution in [0.5, 0.6) is 5.75 Å². The summed E-state index contributed by atoms with van der Waals surface area (Å²) >= 11 is 1.56. The maximum Gasteiger partial charge on any atom is 0.260 e. The van der Waals surface area contributed by atoms with E-state index in [1.54, 1.807) is 11.3 Å². The predicted octanol–water partition coefficient (Wildman–Crippen LogP) is 5.89. The van der Waals surface area contributed by atoms with E-state index in [1.807, 2.05) is 53.4 Å². The molecule has 0 radical (unpaired) electrons. The van der Waals surface area contributed by atoms with E-state index < -0.39 is 0 Å². The van der Waals surface area contributed by atoms with Gasteiger partial charge < -0.3 is 9.64 Å². The van der Waals surface area contributed by atoms with Crippen LogP contribution in [0.25, 0.3) is 10.2 Å². The molecule has 5 nitrogen and oxygen atoms in total. The van der Waals surface area contributed by atoms with Crippen LogP contribution in [-0.2, 0) is 0 Å². The summed E-state index contributed by atoms with van der Waals surface area (Å²) < 4.78 is 6.82. The van der Waals surface area contributed by atoms with Crippen LogP contribution in [0.15, 0.2) is 48.5 Å². The zero-order valence-corrected chi connectivity index (χ0v) is 20.2. The SMILES string of the molecule is CCCCOc1ccc(C(=O)N(CCN(CC)CC)c2nc3ccccc3s2)cc1.Cl. The number of rotatable bonds is 11. The Morgan fingerprint density at radius 3 is 2.35 bits per heavy atom. The van der Waals surface area contributed by atoms with Crippen molar-refractivity contribution in [3.8, 4) is 5.75 Å². The highest BCUT2D eigenvalue weighted by atomic mass is 35.5. The summed E-state index contributed by atoms with van der Waals surface area (Å²) in [6.45, 7) is 10.5. The lowest BCUT2D eigenvalue weighted by atomic mass is 10.2. The first-order chi connectivity index (χ1) is 14.7. The van der Waals surface area contributed by atoms with Gasteiger partial charge >= 0.3 is 0 Å². The predicted molar refractivity (Wildman–Crippen MR) is 133 cm³/mol.